The lowest BCUT2D eigenvalue weighted by molar-refractivity contribution is -0.121. The minimum Gasteiger partial charge on any atom is -0.396 e. The summed E-state index contributed by atoms with van der Waals surface area (Å²) in [5.74, 6) is 0.165. The van der Waals surface area contributed by atoms with Crippen molar-refractivity contribution in [3.05, 3.63) is 0 Å². The quantitative estimate of drug-likeness (QED) is 0.476. The van der Waals surface area contributed by atoms with Crippen LogP contribution in [0, 0.1) is 0 Å². The van der Waals surface area contributed by atoms with E-state index in [2.05, 4.69) is 21.2 Å². The van der Waals surface area contributed by atoms with E-state index in [1.165, 1.54) is 0 Å². The summed E-state index contributed by atoms with van der Waals surface area (Å²) in [6, 6.07) is 0. The number of alkyl halides is 1. The molecule has 0 heterocycles. The second-order valence-corrected chi connectivity index (χ2v) is 4.43. The number of aliphatic hydroxyl groups is 1. The van der Waals surface area contributed by atoms with Crippen LogP contribution in [0.5, 0.6) is 0 Å². The lowest BCUT2D eigenvalue weighted by Crippen LogP contribution is -2.23. The minimum atomic E-state index is 0.165. The van der Waals surface area contributed by atoms with Gasteiger partial charge in [0.25, 0.3) is 0 Å². The zero-order valence-corrected chi connectivity index (χ0v) is 10.9. The number of amides is 1. The highest BCUT2D eigenvalue weighted by molar-refractivity contribution is 9.09. The molecule has 0 spiro atoms. The Kier molecular flexibility index (Phi) is 11.9. The molecule has 0 fully saturated rings. The van der Waals surface area contributed by atoms with Crippen LogP contribution in [0.4, 0.5) is 0 Å². The number of carbonyl (C=O) groups excluding carboxylic acids is 1. The molecule has 0 saturated carbocycles. The van der Waals surface area contributed by atoms with Crippen LogP contribution in [0.25, 0.3) is 0 Å². The van der Waals surface area contributed by atoms with Crippen molar-refractivity contribution in [2.45, 2.75) is 44.9 Å². The Morgan fingerprint density at radius 3 is 2.47 bits per heavy atom. The molecule has 0 radical (unpaired) electrons. The van der Waals surface area contributed by atoms with E-state index < -0.39 is 0 Å². The molecule has 0 saturated heterocycles. The molecule has 15 heavy (non-hydrogen) atoms. The SMILES string of the molecule is O=C(CCCCBr)NCCCCCCO. The number of nitrogens with one attached hydrogen (secondary N) is 1. The summed E-state index contributed by atoms with van der Waals surface area (Å²) in [6.45, 7) is 1.05. The van der Waals surface area contributed by atoms with Crippen LogP contribution in [0.15, 0.2) is 0 Å². The Balaban J connectivity index is 3.10. The highest BCUT2D eigenvalue weighted by Gasteiger charge is 1.99. The van der Waals surface area contributed by atoms with Crippen molar-refractivity contribution in [2.75, 3.05) is 18.5 Å². The summed E-state index contributed by atoms with van der Waals surface area (Å²) in [7, 11) is 0. The Bertz CT molecular complexity index is 154. The fourth-order valence-corrected chi connectivity index (χ4v) is 1.68. The first-order valence-corrected chi connectivity index (χ1v) is 6.87. The second-order valence-electron chi connectivity index (χ2n) is 3.63. The van der Waals surface area contributed by atoms with Gasteiger partial charge in [0.1, 0.15) is 0 Å². The summed E-state index contributed by atoms with van der Waals surface area (Å²) in [5.41, 5.74) is 0. The second kappa shape index (κ2) is 12.0. The van der Waals surface area contributed by atoms with Crippen molar-refractivity contribution in [2.24, 2.45) is 0 Å². The predicted molar refractivity (Wildman–Crippen MR) is 66.2 cm³/mol. The smallest absolute Gasteiger partial charge is 0.219 e. The third-order valence-electron chi connectivity index (χ3n) is 2.19. The van der Waals surface area contributed by atoms with E-state index >= 15 is 0 Å². The maximum atomic E-state index is 11.2. The molecular formula is C11H22BrNO2. The monoisotopic (exact) mass is 279 g/mol. The minimum absolute atomic E-state index is 0.165. The molecule has 0 rings (SSSR count). The van der Waals surface area contributed by atoms with Gasteiger partial charge < -0.3 is 10.4 Å². The van der Waals surface area contributed by atoms with Crippen molar-refractivity contribution in [1.29, 1.82) is 0 Å². The lowest BCUT2D eigenvalue weighted by Gasteiger charge is -2.04. The van der Waals surface area contributed by atoms with Gasteiger partial charge in [0.05, 0.1) is 0 Å². The zero-order valence-electron chi connectivity index (χ0n) is 9.30. The van der Waals surface area contributed by atoms with Crippen LogP contribution in [0.2, 0.25) is 0 Å². The molecule has 90 valence electrons. The maximum Gasteiger partial charge on any atom is 0.219 e. The predicted octanol–water partition coefficient (Wildman–Crippen LogP) is 2.22. The van der Waals surface area contributed by atoms with Crippen LogP contribution in [0.1, 0.15) is 44.9 Å². The molecule has 0 bridgehead atoms. The largest absolute Gasteiger partial charge is 0.396 e. The summed E-state index contributed by atoms with van der Waals surface area (Å²) in [6.07, 6.45) is 6.69. The first-order chi connectivity index (χ1) is 7.31. The molecule has 0 aliphatic heterocycles. The van der Waals surface area contributed by atoms with E-state index in [1.807, 2.05) is 0 Å². The van der Waals surface area contributed by atoms with Gasteiger partial charge in [-0.2, -0.15) is 0 Å². The molecular weight excluding hydrogens is 258 g/mol. The summed E-state index contributed by atoms with van der Waals surface area (Å²) >= 11 is 3.34. The molecule has 0 aliphatic carbocycles. The first-order valence-electron chi connectivity index (χ1n) is 5.74. The Morgan fingerprint density at radius 2 is 1.80 bits per heavy atom. The Morgan fingerprint density at radius 1 is 1.07 bits per heavy atom. The zero-order chi connectivity index (χ0) is 11.4. The average Bonchev–Trinajstić information content (AvgIpc) is 2.23. The van der Waals surface area contributed by atoms with E-state index in [9.17, 15) is 4.79 Å². The number of aliphatic hydroxyl groups excluding tert-OH is 1. The number of hydrogen-bond donors (Lipinski definition) is 2. The van der Waals surface area contributed by atoms with Gasteiger partial charge in [-0.15, -0.1) is 0 Å². The van der Waals surface area contributed by atoms with Crippen molar-refractivity contribution in [1.82, 2.24) is 5.32 Å². The van der Waals surface area contributed by atoms with Crippen molar-refractivity contribution in [3.8, 4) is 0 Å². The van der Waals surface area contributed by atoms with Gasteiger partial charge in [0.2, 0.25) is 5.91 Å². The van der Waals surface area contributed by atoms with Crippen LogP contribution in [0.3, 0.4) is 0 Å². The van der Waals surface area contributed by atoms with E-state index in [-0.39, 0.29) is 12.5 Å². The van der Waals surface area contributed by atoms with Gasteiger partial charge >= 0.3 is 0 Å². The lowest BCUT2D eigenvalue weighted by atomic mass is 10.2. The van der Waals surface area contributed by atoms with Gasteiger partial charge in [-0.1, -0.05) is 28.8 Å². The number of carbonyl (C=O) groups is 1. The van der Waals surface area contributed by atoms with Gasteiger partial charge in [-0.25, -0.2) is 0 Å². The van der Waals surface area contributed by atoms with Crippen LogP contribution in [-0.4, -0.2) is 29.5 Å². The molecule has 2 N–H and O–H groups in total. The van der Waals surface area contributed by atoms with Gasteiger partial charge in [0.15, 0.2) is 0 Å². The molecule has 0 aromatic rings. The molecule has 0 aliphatic rings. The molecule has 4 heteroatoms. The Hall–Kier alpha value is -0.0900. The van der Waals surface area contributed by atoms with E-state index in [0.29, 0.717) is 6.42 Å². The molecule has 0 aromatic heterocycles. The average molecular weight is 280 g/mol. The van der Waals surface area contributed by atoms with Gasteiger partial charge in [-0.3, -0.25) is 4.79 Å². The highest BCUT2D eigenvalue weighted by Crippen LogP contribution is 2.00. The Labute approximate surface area is 101 Å². The van der Waals surface area contributed by atoms with E-state index in [4.69, 9.17) is 5.11 Å². The molecule has 0 unspecified atom stereocenters. The van der Waals surface area contributed by atoms with Gasteiger partial charge in [-0.05, 0) is 25.7 Å². The summed E-state index contributed by atoms with van der Waals surface area (Å²) in [4.78, 5) is 11.2. The number of hydrogen-bond acceptors (Lipinski definition) is 2. The van der Waals surface area contributed by atoms with Crippen LogP contribution < -0.4 is 5.32 Å². The first kappa shape index (κ1) is 14.9. The number of halogens is 1. The molecule has 0 atom stereocenters. The normalized spacial score (nSPS) is 10.3. The van der Waals surface area contributed by atoms with E-state index in [0.717, 1.165) is 50.4 Å². The van der Waals surface area contributed by atoms with Gasteiger partial charge in [0, 0.05) is 24.9 Å². The van der Waals surface area contributed by atoms with Crippen LogP contribution in [-0.2, 0) is 4.79 Å². The third-order valence-corrected chi connectivity index (χ3v) is 2.76. The third kappa shape index (κ3) is 11.8. The summed E-state index contributed by atoms with van der Waals surface area (Å²) < 4.78 is 0. The van der Waals surface area contributed by atoms with Crippen molar-refractivity contribution < 1.29 is 9.90 Å². The molecule has 3 nitrogen and oxygen atoms in total. The topological polar surface area (TPSA) is 49.3 Å². The fraction of sp³-hybridized carbons (Fsp3) is 0.909. The molecule has 0 aromatic carbocycles. The summed E-state index contributed by atoms with van der Waals surface area (Å²) in [5, 5.41) is 12.4. The molecule has 1 amide bonds. The highest BCUT2D eigenvalue weighted by atomic mass is 79.9. The standard InChI is InChI=1S/C11H22BrNO2/c12-8-4-3-7-11(15)13-9-5-1-2-6-10-14/h14H,1-10H2,(H,13,15). The maximum absolute atomic E-state index is 11.2. The number of unbranched alkanes of at least 4 members (excludes halogenated alkanes) is 4. The fourth-order valence-electron chi connectivity index (χ4n) is 1.29. The van der Waals surface area contributed by atoms with Crippen LogP contribution >= 0.6 is 15.9 Å². The van der Waals surface area contributed by atoms with Crippen molar-refractivity contribution >= 4 is 21.8 Å². The number of rotatable bonds is 10. The van der Waals surface area contributed by atoms with E-state index in [1.54, 1.807) is 0 Å². The van der Waals surface area contributed by atoms with Crippen molar-refractivity contribution in [3.63, 3.8) is 0 Å².